The average molecular weight is 289 g/mol. The van der Waals surface area contributed by atoms with Crippen LogP contribution in [0, 0.1) is 0 Å². The van der Waals surface area contributed by atoms with E-state index in [2.05, 4.69) is 4.98 Å². The Bertz CT molecular complexity index is 475. The van der Waals surface area contributed by atoms with Gasteiger partial charge in [-0.2, -0.15) is 13.2 Å². The molecule has 0 spiro atoms. The number of halogens is 6. The first-order valence-electron chi connectivity index (χ1n) is 4.47. The number of carbonyl (C=O) groups is 1. The van der Waals surface area contributed by atoms with Gasteiger partial charge in [0.05, 0.1) is 5.56 Å². The first-order valence-corrected chi connectivity index (χ1v) is 4.85. The van der Waals surface area contributed by atoms with Crippen molar-refractivity contribution in [3.63, 3.8) is 0 Å². The van der Waals surface area contributed by atoms with Gasteiger partial charge in [-0.1, -0.05) is 0 Å². The van der Waals surface area contributed by atoms with E-state index in [0.717, 1.165) is 0 Å². The highest BCUT2D eigenvalue weighted by molar-refractivity contribution is 6.67. The molecule has 3 nitrogen and oxygen atoms in total. The molecular weight excluding hydrogens is 283 g/mol. The van der Waals surface area contributed by atoms with Gasteiger partial charge in [0.25, 0.3) is 11.7 Å². The van der Waals surface area contributed by atoms with Crippen molar-refractivity contribution in [3.8, 4) is 0 Å². The molecular formula is C9H6ClF5N2O. The van der Waals surface area contributed by atoms with Crippen LogP contribution in [-0.2, 0) is 12.7 Å². The quantitative estimate of drug-likeness (QED) is 0.687. The molecule has 0 unspecified atom stereocenters. The van der Waals surface area contributed by atoms with Crippen LogP contribution in [0.2, 0.25) is 0 Å². The van der Waals surface area contributed by atoms with Crippen LogP contribution in [0.1, 0.15) is 33.6 Å². The molecule has 0 saturated carbocycles. The standard InChI is InChI=1S/C9H6ClF5N2O/c10-7(18)6-5(9(13,14)15)4(8(11)12)3(1-16)2-17-6/h2,8H,1,16H2. The van der Waals surface area contributed by atoms with Crippen molar-refractivity contribution in [2.24, 2.45) is 5.73 Å². The van der Waals surface area contributed by atoms with Gasteiger partial charge in [0.2, 0.25) is 0 Å². The van der Waals surface area contributed by atoms with Crippen LogP contribution >= 0.6 is 11.6 Å². The Hall–Kier alpha value is -1.28. The minimum absolute atomic E-state index is 0.487. The van der Waals surface area contributed by atoms with E-state index in [-0.39, 0.29) is 0 Å². The highest BCUT2D eigenvalue weighted by atomic mass is 35.5. The molecule has 0 aliphatic heterocycles. The van der Waals surface area contributed by atoms with Gasteiger partial charge in [0.15, 0.2) is 0 Å². The Morgan fingerprint density at radius 2 is 2.00 bits per heavy atom. The van der Waals surface area contributed by atoms with Crippen molar-refractivity contribution < 1.29 is 26.7 Å². The van der Waals surface area contributed by atoms with Crippen LogP contribution in [0.4, 0.5) is 22.0 Å². The van der Waals surface area contributed by atoms with Gasteiger partial charge in [-0.05, 0) is 17.2 Å². The van der Waals surface area contributed by atoms with E-state index in [9.17, 15) is 26.7 Å². The third kappa shape index (κ3) is 2.75. The zero-order valence-electron chi connectivity index (χ0n) is 8.56. The van der Waals surface area contributed by atoms with Crippen LogP contribution in [0.15, 0.2) is 6.20 Å². The minimum Gasteiger partial charge on any atom is -0.326 e. The van der Waals surface area contributed by atoms with Crippen LogP contribution < -0.4 is 5.73 Å². The lowest BCUT2D eigenvalue weighted by Crippen LogP contribution is -2.19. The molecule has 0 saturated heterocycles. The van der Waals surface area contributed by atoms with Gasteiger partial charge in [-0.15, -0.1) is 0 Å². The van der Waals surface area contributed by atoms with Crippen molar-refractivity contribution in [3.05, 3.63) is 28.6 Å². The number of hydrogen-bond donors (Lipinski definition) is 1. The maximum Gasteiger partial charge on any atom is 0.419 e. The normalized spacial score (nSPS) is 12.0. The molecule has 0 aromatic carbocycles. The number of pyridine rings is 1. The van der Waals surface area contributed by atoms with E-state index >= 15 is 0 Å². The molecule has 0 aliphatic rings. The highest BCUT2D eigenvalue weighted by Gasteiger charge is 2.41. The van der Waals surface area contributed by atoms with Crippen LogP contribution in [0.5, 0.6) is 0 Å². The second kappa shape index (κ2) is 5.15. The van der Waals surface area contributed by atoms with Crippen molar-refractivity contribution >= 4 is 16.8 Å². The van der Waals surface area contributed by atoms with Gasteiger partial charge in [0.1, 0.15) is 5.69 Å². The Morgan fingerprint density at radius 3 is 2.33 bits per heavy atom. The van der Waals surface area contributed by atoms with Gasteiger partial charge >= 0.3 is 6.18 Å². The summed E-state index contributed by atoms with van der Waals surface area (Å²) in [5, 5.41) is -1.56. The van der Waals surface area contributed by atoms with Crippen LogP contribution in [0.3, 0.4) is 0 Å². The third-order valence-corrected chi connectivity index (χ3v) is 2.29. The smallest absolute Gasteiger partial charge is 0.326 e. The predicted octanol–water partition coefficient (Wildman–Crippen LogP) is 2.88. The second-order valence-electron chi connectivity index (χ2n) is 3.20. The lowest BCUT2D eigenvalue weighted by atomic mass is 10.0. The summed E-state index contributed by atoms with van der Waals surface area (Å²) in [6.07, 6.45) is -7.94. The summed E-state index contributed by atoms with van der Waals surface area (Å²) in [5.41, 5.74) is 0.138. The molecule has 0 aliphatic carbocycles. The summed E-state index contributed by atoms with van der Waals surface area (Å²) in [4.78, 5) is 14.0. The minimum atomic E-state index is -5.18. The number of alkyl halides is 5. The zero-order chi connectivity index (χ0) is 14.1. The van der Waals surface area contributed by atoms with Gasteiger partial charge in [-0.3, -0.25) is 9.78 Å². The Labute approximate surface area is 103 Å². The van der Waals surface area contributed by atoms with Crippen molar-refractivity contribution in [2.75, 3.05) is 0 Å². The molecule has 1 rings (SSSR count). The molecule has 0 radical (unpaired) electrons. The molecule has 0 atom stereocenters. The maximum absolute atomic E-state index is 12.7. The lowest BCUT2D eigenvalue weighted by Gasteiger charge is -2.17. The summed E-state index contributed by atoms with van der Waals surface area (Å²) in [5.74, 6) is 0. The summed E-state index contributed by atoms with van der Waals surface area (Å²) < 4.78 is 63.6. The van der Waals surface area contributed by atoms with Crippen molar-refractivity contribution in [1.82, 2.24) is 4.98 Å². The number of nitrogens with zero attached hydrogens (tertiary/aromatic N) is 1. The first kappa shape index (κ1) is 14.8. The fourth-order valence-corrected chi connectivity index (χ4v) is 1.56. The molecule has 1 aromatic rings. The number of aromatic nitrogens is 1. The van der Waals surface area contributed by atoms with Crippen molar-refractivity contribution in [1.29, 1.82) is 0 Å². The summed E-state index contributed by atoms with van der Waals surface area (Å²) in [6.45, 7) is -0.563. The number of nitrogens with two attached hydrogens (primary N) is 1. The highest BCUT2D eigenvalue weighted by Crippen LogP contribution is 2.39. The summed E-state index contributed by atoms with van der Waals surface area (Å²) >= 11 is 4.91. The van der Waals surface area contributed by atoms with Crippen LogP contribution in [0.25, 0.3) is 0 Å². The molecule has 0 fully saturated rings. The Morgan fingerprint density at radius 1 is 1.44 bits per heavy atom. The average Bonchev–Trinajstić information content (AvgIpc) is 2.25. The molecule has 2 N–H and O–H groups in total. The molecule has 18 heavy (non-hydrogen) atoms. The topological polar surface area (TPSA) is 56.0 Å². The molecule has 1 aromatic heterocycles. The third-order valence-electron chi connectivity index (χ3n) is 2.11. The fraction of sp³-hybridized carbons (Fsp3) is 0.333. The van der Waals surface area contributed by atoms with E-state index in [1.165, 1.54) is 0 Å². The van der Waals surface area contributed by atoms with Gasteiger partial charge in [0, 0.05) is 18.3 Å². The van der Waals surface area contributed by atoms with E-state index in [0.29, 0.717) is 6.20 Å². The maximum atomic E-state index is 12.7. The Balaban J connectivity index is 3.71. The summed E-state index contributed by atoms with van der Waals surface area (Å²) in [6, 6.07) is 0. The Kier molecular flexibility index (Phi) is 4.23. The zero-order valence-corrected chi connectivity index (χ0v) is 9.32. The monoisotopic (exact) mass is 288 g/mol. The van der Waals surface area contributed by atoms with E-state index in [1.807, 2.05) is 0 Å². The molecule has 9 heteroatoms. The summed E-state index contributed by atoms with van der Waals surface area (Å²) in [7, 11) is 0. The molecule has 1 heterocycles. The van der Waals surface area contributed by atoms with E-state index < -0.39 is 46.8 Å². The number of carbonyl (C=O) groups excluding carboxylic acids is 1. The lowest BCUT2D eigenvalue weighted by molar-refractivity contribution is -0.140. The largest absolute Gasteiger partial charge is 0.419 e. The van der Waals surface area contributed by atoms with E-state index in [4.69, 9.17) is 17.3 Å². The fourth-order valence-electron chi connectivity index (χ4n) is 1.41. The van der Waals surface area contributed by atoms with E-state index in [1.54, 1.807) is 0 Å². The second-order valence-corrected chi connectivity index (χ2v) is 3.54. The van der Waals surface area contributed by atoms with Gasteiger partial charge in [-0.25, -0.2) is 8.78 Å². The molecule has 0 bridgehead atoms. The first-order chi connectivity index (χ1) is 8.20. The van der Waals surface area contributed by atoms with Crippen molar-refractivity contribution in [2.45, 2.75) is 19.1 Å². The number of hydrogen-bond acceptors (Lipinski definition) is 3. The number of rotatable bonds is 3. The molecule has 100 valence electrons. The SMILES string of the molecule is NCc1cnc(C(=O)Cl)c(C(F)(F)F)c1C(F)F. The molecule has 0 amide bonds. The predicted molar refractivity (Wildman–Crippen MR) is 52.3 cm³/mol. The van der Waals surface area contributed by atoms with Crippen LogP contribution in [-0.4, -0.2) is 10.2 Å². The van der Waals surface area contributed by atoms with Gasteiger partial charge < -0.3 is 5.73 Å².